The summed E-state index contributed by atoms with van der Waals surface area (Å²) in [4.78, 5) is 9.37. The van der Waals surface area contributed by atoms with E-state index in [0.29, 0.717) is 11.8 Å². The van der Waals surface area contributed by atoms with E-state index >= 15 is 0 Å². The molecule has 0 amide bonds. The lowest BCUT2D eigenvalue weighted by Crippen LogP contribution is -2.20. The Labute approximate surface area is 177 Å². The molecular formula is C26H38N2O. The maximum atomic E-state index is 6.08. The third-order valence-corrected chi connectivity index (χ3v) is 6.23. The molecule has 1 aromatic carbocycles. The largest absolute Gasteiger partial charge is 0.493 e. The molecule has 0 unspecified atom stereocenters. The van der Waals surface area contributed by atoms with Crippen molar-refractivity contribution >= 4 is 0 Å². The molecule has 0 saturated heterocycles. The van der Waals surface area contributed by atoms with Crippen LogP contribution in [0.5, 0.6) is 5.75 Å². The molecule has 1 saturated carbocycles. The summed E-state index contributed by atoms with van der Waals surface area (Å²) >= 11 is 0. The summed E-state index contributed by atoms with van der Waals surface area (Å²) < 4.78 is 6.08. The van der Waals surface area contributed by atoms with Crippen molar-refractivity contribution in [2.45, 2.75) is 90.4 Å². The van der Waals surface area contributed by atoms with Gasteiger partial charge in [-0.25, -0.2) is 9.97 Å². The summed E-state index contributed by atoms with van der Waals surface area (Å²) in [5.41, 5.74) is 2.70. The van der Waals surface area contributed by atoms with Crippen LogP contribution in [0.15, 0.2) is 36.7 Å². The number of rotatable bonds is 11. The topological polar surface area (TPSA) is 35.0 Å². The predicted molar refractivity (Wildman–Crippen MR) is 121 cm³/mol. The summed E-state index contributed by atoms with van der Waals surface area (Å²) in [5, 5.41) is 0. The maximum Gasteiger partial charge on any atom is 0.131 e. The highest BCUT2D eigenvalue weighted by molar-refractivity contribution is 5.27. The van der Waals surface area contributed by atoms with Crippen molar-refractivity contribution in [2.75, 3.05) is 6.61 Å². The van der Waals surface area contributed by atoms with Crippen LogP contribution in [0.2, 0.25) is 0 Å². The smallest absolute Gasteiger partial charge is 0.131 e. The van der Waals surface area contributed by atoms with Crippen LogP contribution in [0.4, 0.5) is 0 Å². The van der Waals surface area contributed by atoms with Gasteiger partial charge in [0.1, 0.15) is 11.6 Å². The van der Waals surface area contributed by atoms with E-state index in [0.717, 1.165) is 24.6 Å². The fraction of sp³-hybridized carbons (Fsp3) is 0.615. The molecule has 2 aromatic rings. The van der Waals surface area contributed by atoms with Gasteiger partial charge in [-0.1, -0.05) is 45.2 Å². The molecule has 0 spiro atoms. The van der Waals surface area contributed by atoms with Gasteiger partial charge in [0, 0.05) is 18.3 Å². The third-order valence-electron chi connectivity index (χ3n) is 6.23. The van der Waals surface area contributed by atoms with Crippen LogP contribution >= 0.6 is 0 Å². The Morgan fingerprint density at radius 2 is 1.45 bits per heavy atom. The molecule has 1 aliphatic rings. The molecule has 3 nitrogen and oxygen atoms in total. The number of hydrogen-bond acceptors (Lipinski definition) is 3. The van der Waals surface area contributed by atoms with Gasteiger partial charge in [-0.15, -0.1) is 0 Å². The van der Waals surface area contributed by atoms with Gasteiger partial charge in [0.15, 0.2) is 0 Å². The Kier molecular flexibility index (Phi) is 8.98. The zero-order chi connectivity index (χ0) is 20.3. The molecule has 0 N–H and O–H groups in total. The highest BCUT2D eigenvalue weighted by Gasteiger charge is 2.24. The maximum absolute atomic E-state index is 6.08. The lowest BCUT2D eigenvalue weighted by Gasteiger charge is -2.27. The summed E-state index contributed by atoms with van der Waals surface area (Å²) in [7, 11) is 0. The molecule has 0 aliphatic heterocycles. The van der Waals surface area contributed by atoms with Crippen molar-refractivity contribution in [3.05, 3.63) is 53.6 Å². The Bertz CT molecular complexity index is 688. The van der Waals surface area contributed by atoms with Crippen molar-refractivity contribution in [2.24, 2.45) is 5.92 Å². The standard InChI is InChI=1S/C26H38N2O/c1-3-5-7-9-23-18-27-26(28-19-23)24-14-10-22(11-15-24)20-29-25-16-12-21(13-17-25)8-6-4-2/h12-13,16-19,22,24H,3-11,14-15,20H2,1-2H3. The van der Waals surface area contributed by atoms with Crippen LogP contribution in [-0.2, 0) is 12.8 Å². The molecule has 1 heterocycles. The minimum atomic E-state index is 0.522. The number of ether oxygens (including phenoxy) is 1. The second-order valence-corrected chi connectivity index (χ2v) is 8.68. The normalized spacial score (nSPS) is 19.2. The van der Waals surface area contributed by atoms with E-state index in [-0.39, 0.29) is 0 Å². The summed E-state index contributed by atoms with van der Waals surface area (Å²) in [6.07, 6.45) is 17.5. The van der Waals surface area contributed by atoms with Crippen molar-refractivity contribution < 1.29 is 4.74 Å². The fourth-order valence-electron chi connectivity index (χ4n) is 4.22. The van der Waals surface area contributed by atoms with E-state index < -0.39 is 0 Å². The van der Waals surface area contributed by atoms with Crippen LogP contribution in [-0.4, -0.2) is 16.6 Å². The molecule has 1 aromatic heterocycles. The van der Waals surface area contributed by atoms with Gasteiger partial charge >= 0.3 is 0 Å². The molecule has 0 atom stereocenters. The van der Waals surface area contributed by atoms with Gasteiger partial charge in [-0.2, -0.15) is 0 Å². The zero-order valence-electron chi connectivity index (χ0n) is 18.4. The highest BCUT2D eigenvalue weighted by Crippen LogP contribution is 2.34. The molecule has 158 valence electrons. The lowest BCUT2D eigenvalue weighted by molar-refractivity contribution is 0.198. The van der Waals surface area contributed by atoms with E-state index in [1.54, 1.807) is 0 Å². The third kappa shape index (κ3) is 7.13. The average molecular weight is 395 g/mol. The minimum Gasteiger partial charge on any atom is -0.493 e. The molecular weight excluding hydrogens is 356 g/mol. The monoisotopic (exact) mass is 394 g/mol. The van der Waals surface area contributed by atoms with Crippen LogP contribution in [0.1, 0.15) is 94.5 Å². The van der Waals surface area contributed by atoms with Gasteiger partial charge in [0.05, 0.1) is 6.61 Å². The average Bonchev–Trinajstić information content (AvgIpc) is 2.78. The van der Waals surface area contributed by atoms with Crippen LogP contribution < -0.4 is 4.74 Å². The molecule has 1 aliphatic carbocycles. The van der Waals surface area contributed by atoms with E-state index in [1.807, 2.05) is 0 Å². The van der Waals surface area contributed by atoms with Crippen LogP contribution in [0.25, 0.3) is 0 Å². The van der Waals surface area contributed by atoms with Gasteiger partial charge in [0.25, 0.3) is 0 Å². The number of aryl methyl sites for hydroxylation is 2. The number of hydrogen-bond donors (Lipinski definition) is 0. The predicted octanol–water partition coefficient (Wildman–Crippen LogP) is 6.90. The quantitative estimate of drug-likeness (QED) is 0.389. The molecule has 1 fully saturated rings. The minimum absolute atomic E-state index is 0.522. The van der Waals surface area contributed by atoms with Gasteiger partial charge < -0.3 is 4.74 Å². The molecule has 0 radical (unpaired) electrons. The zero-order valence-corrected chi connectivity index (χ0v) is 18.4. The molecule has 3 rings (SSSR count). The van der Waals surface area contributed by atoms with Crippen molar-refractivity contribution in [1.29, 1.82) is 0 Å². The molecule has 29 heavy (non-hydrogen) atoms. The van der Waals surface area contributed by atoms with Gasteiger partial charge in [0.2, 0.25) is 0 Å². The number of nitrogens with zero attached hydrogens (tertiary/aromatic N) is 2. The molecule has 0 bridgehead atoms. The van der Waals surface area contributed by atoms with Crippen molar-refractivity contribution in [1.82, 2.24) is 9.97 Å². The van der Waals surface area contributed by atoms with Gasteiger partial charge in [-0.05, 0) is 80.5 Å². The summed E-state index contributed by atoms with van der Waals surface area (Å²) in [6.45, 7) is 5.31. The van der Waals surface area contributed by atoms with Crippen LogP contribution in [0.3, 0.4) is 0 Å². The molecule has 3 heteroatoms. The van der Waals surface area contributed by atoms with Crippen LogP contribution in [0, 0.1) is 5.92 Å². The Hall–Kier alpha value is -1.90. The summed E-state index contributed by atoms with van der Waals surface area (Å²) in [5.74, 6) is 3.23. The Balaban J connectivity index is 1.39. The Morgan fingerprint density at radius 3 is 2.10 bits per heavy atom. The van der Waals surface area contributed by atoms with E-state index in [1.165, 1.54) is 75.3 Å². The number of aromatic nitrogens is 2. The van der Waals surface area contributed by atoms with Crippen molar-refractivity contribution in [3.8, 4) is 5.75 Å². The number of unbranched alkanes of at least 4 members (excludes halogenated alkanes) is 3. The highest BCUT2D eigenvalue weighted by atomic mass is 16.5. The van der Waals surface area contributed by atoms with E-state index in [4.69, 9.17) is 4.74 Å². The fourth-order valence-corrected chi connectivity index (χ4v) is 4.22. The first-order valence-electron chi connectivity index (χ1n) is 11.8. The van der Waals surface area contributed by atoms with E-state index in [2.05, 4.69) is 60.5 Å². The second kappa shape index (κ2) is 11.9. The van der Waals surface area contributed by atoms with E-state index in [9.17, 15) is 0 Å². The lowest BCUT2D eigenvalue weighted by atomic mass is 9.82. The summed E-state index contributed by atoms with van der Waals surface area (Å²) in [6, 6.07) is 8.69. The SMILES string of the molecule is CCCCCc1cnc(C2CCC(COc3ccc(CCCC)cc3)CC2)nc1. The first-order valence-corrected chi connectivity index (χ1v) is 11.8. The van der Waals surface area contributed by atoms with Crippen molar-refractivity contribution in [3.63, 3.8) is 0 Å². The first-order chi connectivity index (χ1) is 14.3. The number of benzene rings is 1. The Morgan fingerprint density at radius 1 is 0.793 bits per heavy atom. The second-order valence-electron chi connectivity index (χ2n) is 8.68. The first kappa shape index (κ1) is 21.8. The van der Waals surface area contributed by atoms with Gasteiger partial charge in [-0.3, -0.25) is 0 Å².